The van der Waals surface area contributed by atoms with Gasteiger partial charge in [-0.1, -0.05) is 6.92 Å². The standard InChI is InChI=1S/C30H40F3N3O3/c1-28-12-11-23-21(6-4-18-14-19(30(31,32)33)10-13-29(18,23)17-38-2)22(28)7-8-24(28)27(37)16-36-34-25-9-5-20(39-3)15-26(25)35-36/h5,9,15,18-19,21-24H,4,6-8,10-14,16-17H2,1-3H3. The van der Waals surface area contributed by atoms with E-state index in [1.54, 1.807) is 14.2 Å². The monoisotopic (exact) mass is 547 g/mol. The Morgan fingerprint density at radius 2 is 1.82 bits per heavy atom. The molecule has 6 nitrogen and oxygen atoms in total. The van der Waals surface area contributed by atoms with Gasteiger partial charge < -0.3 is 9.47 Å². The second kappa shape index (κ2) is 9.74. The van der Waals surface area contributed by atoms with Crippen molar-refractivity contribution in [3.8, 4) is 5.75 Å². The molecule has 4 saturated carbocycles. The van der Waals surface area contributed by atoms with Gasteiger partial charge in [0.15, 0.2) is 5.78 Å². The van der Waals surface area contributed by atoms with Crippen LogP contribution in [0, 0.1) is 46.3 Å². The Morgan fingerprint density at radius 3 is 2.56 bits per heavy atom. The average molecular weight is 548 g/mol. The van der Waals surface area contributed by atoms with E-state index in [1.807, 2.05) is 18.2 Å². The number of carbonyl (C=O) groups is 1. The predicted octanol–water partition coefficient (Wildman–Crippen LogP) is 6.47. The summed E-state index contributed by atoms with van der Waals surface area (Å²) in [6.45, 7) is 3.02. The van der Waals surface area contributed by atoms with E-state index >= 15 is 0 Å². The van der Waals surface area contributed by atoms with Crippen molar-refractivity contribution in [2.24, 2.45) is 46.3 Å². The summed E-state index contributed by atoms with van der Waals surface area (Å²) in [4.78, 5) is 15.2. The maximum atomic E-state index is 13.7. The topological polar surface area (TPSA) is 66.2 Å². The lowest BCUT2D eigenvalue weighted by Gasteiger charge is -2.62. The summed E-state index contributed by atoms with van der Waals surface area (Å²) in [7, 11) is 3.31. The normalized spacial score (nSPS) is 38.2. The molecule has 9 heteroatoms. The van der Waals surface area contributed by atoms with Crippen LogP contribution in [0.15, 0.2) is 18.2 Å². The first-order valence-corrected chi connectivity index (χ1v) is 14.6. The number of ether oxygens (including phenoxy) is 2. The van der Waals surface area contributed by atoms with Gasteiger partial charge >= 0.3 is 6.18 Å². The van der Waals surface area contributed by atoms with E-state index in [1.165, 1.54) is 4.80 Å². The number of aromatic nitrogens is 3. The molecular formula is C30H40F3N3O3. The molecule has 0 radical (unpaired) electrons. The lowest BCUT2D eigenvalue weighted by atomic mass is 9.43. The van der Waals surface area contributed by atoms with E-state index in [4.69, 9.17) is 9.47 Å². The Kier molecular flexibility index (Phi) is 6.75. The van der Waals surface area contributed by atoms with Gasteiger partial charge in [-0.15, -0.1) is 0 Å². The van der Waals surface area contributed by atoms with Crippen molar-refractivity contribution in [2.75, 3.05) is 20.8 Å². The lowest BCUT2D eigenvalue weighted by molar-refractivity contribution is -0.217. The number of carbonyl (C=O) groups excluding carboxylic acids is 1. The van der Waals surface area contributed by atoms with Crippen LogP contribution in [0.1, 0.15) is 64.7 Å². The second-order valence-corrected chi connectivity index (χ2v) is 13.1. The van der Waals surface area contributed by atoms with Gasteiger partial charge in [0, 0.05) is 19.1 Å². The SMILES string of the molecule is COCC12CCC(C(F)(F)F)CC1CCC1C3CCC(C(=O)Cn4nc5ccc(OC)cc5n4)C3(C)CCC12. The molecule has 6 rings (SSSR count). The van der Waals surface area contributed by atoms with E-state index < -0.39 is 12.1 Å². The van der Waals surface area contributed by atoms with E-state index in [2.05, 4.69) is 17.1 Å². The summed E-state index contributed by atoms with van der Waals surface area (Å²) >= 11 is 0. The number of hydrogen-bond donors (Lipinski definition) is 0. The Labute approximate surface area is 228 Å². The highest BCUT2D eigenvalue weighted by molar-refractivity contribution is 5.82. The number of benzene rings is 1. The molecule has 8 atom stereocenters. The molecule has 1 aromatic carbocycles. The molecule has 214 valence electrons. The van der Waals surface area contributed by atoms with E-state index in [0.29, 0.717) is 42.0 Å². The van der Waals surface area contributed by atoms with Crippen LogP contribution >= 0.6 is 0 Å². The van der Waals surface area contributed by atoms with Crippen LogP contribution in [0.25, 0.3) is 11.0 Å². The van der Waals surface area contributed by atoms with Gasteiger partial charge in [0.25, 0.3) is 0 Å². The minimum absolute atomic E-state index is 0.0378. The fraction of sp³-hybridized carbons (Fsp3) is 0.767. The fourth-order valence-corrected chi connectivity index (χ4v) is 9.81. The molecule has 4 aliphatic carbocycles. The van der Waals surface area contributed by atoms with Gasteiger partial charge in [-0.25, -0.2) is 0 Å². The van der Waals surface area contributed by atoms with E-state index in [-0.39, 0.29) is 47.8 Å². The molecule has 0 bridgehead atoms. The van der Waals surface area contributed by atoms with Crippen molar-refractivity contribution in [1.29, 1.82) is 0 Å². The molecule has 0 N–H and O–H groups in total. The van der Waals surface area contributed by atoms with Crippen LogP contribution in [-0.2, 0) is 16.1 Å². The van der Waals surface area contributed by atoms with Crippen molar-refractivity contribution in [3.63, 3.8) is 0 Å². The second-order valence-electron chi connectivity index (χ2n) is 13.1. The van der Waals surface area contributed by atoms with Gasteiger partial charge in [-0.3, -0.25) is 4.79 Å². The highest BCUT2D eigenvalue weighted by Crippen LogP contribution is 2.68. The van der Waals surface area contributed by atoms with Crippen LogP contribution in [0.5, 0.6) is 5.75 Å². The average Bonchev–Trinajstić information content (AvgIpc) is 3.47. The maximum Gasteiger partial charge on any atom is 0.391 e. The number of alkyl halides is 3. The van der Waals surface area contributed by atoms with Gasteiger partial charge in [0.1, 0.15) is 23.3 Å². The van der Waals surface area contributed by atoms with Gasteiger partial charge in [0.05, 0.1) is 19.6 Å². The minimum Gasteiger partial charge on any atom is -0.497 e. The summed E-state index contributed by atoms with van der Waals surface area (Å²) in [6.07, 6.45) is 2.57. The van der Waals surface area contributed by atoms with Crippen molar-refractivity contribution in [3.05, 3.63) is 18.2 Å². The largest absolute Gasteiger partial charge is 0.497 e. The third-order valence-electron chi connectivity index (χ3n) is 11.6. The molecule has 1 aromatic heterocycles. The third-order valence-corrected chi connectivity index (χ3v) is 11.6. The van der Waals surface area contributed by atoms with E-state index in [0.717, 1.165) is 44.0 Å². The van der Waals surface area contributed by atoms with Crippen molar-refractivity contribution in [2.45, 2.75) is 77.4 Å². The number of nitrogens with zero attached hydrogens (tertiary/aromatic N) is 3. The highest BCUT2D eigenvalue weighted by atomic mass is 19.4. The molecule has 0 spiro atoms. The molecule has 8 unspecified atom stereocenters. The van der Waals surface area contributed by atoms with Gasteiger partial charge in [-0.2, -0.15) is 28.2 Å². The van der Waals surface area contributed by atoms with Crippen LogP contribution in [0.2, 0.25) is 0 Å². The van der Waals surface area contributed by atoms with Crippen LogP contribution in [0.4, 0.5) is 13.2 Å². The molecule has 2 aromatic rings. The number of ketones is 1. The summed E-state index contributed by atoms with van der Waals surface area (Å²) in [5.41, 5.74) is 1.19. The summed E-state index contributed by atoms with van der Waals surface area (Å²) in [6, 6.07) is 5.52. The van der Waals surface area contributed by atoms with Crippen LogP contribution in [0.3, 0.4) is 0 Å². The Morgan fingerprint density at radius 1 is 1.03 bits per heavy atom. The molecule has 39 heavy (non-hydrogen) atoms. The number of halogens is 3. The molecule has 4 fully saturated rings. The Balaban J connectivity index is 1.20. The number of methoxy groups -OCH3 is 2. The third kappa shape index (κ3) is 4.38. The summed E-state index contributed by atoms with van der Waals surface area (Å²) in [5.74, 6) is 1.01. The first-order valence-electron chi connectivity index (χ1n) is 14.6. The molecule has 1 heterocycles. The van der Waals surface area contributed by atoms with Gasteiger partial charge in [0.2, 0.25) is 0 Å². The summed E-state index contributed by atoms with van der Waals surface area (Å²) < 4.78 is 52.0. The first kappa shape index (κ1) is 27.0. The quantitative estimate of drug-likeness (QED) is 0.415. The van der Waals surface area contributed by atoms with Crippen LogP contribution < -0.4 is 4.74 Å². The van der Waals surface area contributed by atoms with Crippen molar-refractivity contribution < 1.29 is 27.4 Å². The highest BCUT2D eigenvalue weighted by Gasteiger charge is 2.63. The minimum atomic E-state index is -4.11. The lowest BCUT2D eigenvalue weighted by Crippen LogP contribution is -2.57. The maximum absolute atomic E-state index is 13.7. The first-order chi connectivity index (χ1) is 18.6. The number of fused-ring (bicyclic) bond motifs is 6. The van der Waals surface area contributed by atoms with E-state index in [9.17, 15) is 18.0 Å². The Hall–Kier alpha value is -2.16. The molecule has 0 aliphatic heterocycles. The molecule has 4 aliphatic rings. The zero-order valence-electron chi connectivity index (χ0n) is 23.2. The Bertz CT molecular complexity index is 1230. The zero-order chi connectivity index (χ0) is 27.6. The fourth-order valence-electron chi connectivity index (χ4n) is 9.81. The van der Waals surface area contributed by atoms with Crippen molar-refractivity contribution >= 4 is 16.8 Å². The predicted molar refractivity (Wildman–Crippen MR) is 140 cm³/mol. The van der Waals surface area contributed by atoms with Crippen LogP contribution in [-0.4, -0.2) is 47.8 Å². The number of hydrogen-bond acceptors (Lipinski definition) is 5. The molecular weight excluding hydrogens is 507 g/mol. The number of Topliss-reactive ketones (excluding diaryl/α,β-unsaturated/α-hetero) is 1. The molecule has 0 saturated heterocycles. The smallest absolute Gasteiger partial charge is 0.391 e. The summed E-state index contributed by atoms with van der Waals surface area (Å²) in [5, 5.41) is 9.06. The number of rotatable bonds is 6. The molecule has 0 amide bonds. The zero-order valence-corrected chi connectivity index (χ0v) is 23.2. The van der Waals surface area contributed by atoms with Gasteiger partial charge in [-0.05, 0) is 104 Å². The van der Waals surface area contributed by atoms with Crippen molar-refractivity contribution in [1.82, 2.24) is 15.0 Å².